The summed E-state index contributed by atoms with van der Waals surface area (Å²) in [5.41, 5.74) is 0. The Morgan fingerprint density at radius 1 is 0.933 bits per heavy atom. The Kier molecular flexibility index (Phi) is 4.79. The van der Waals surface area contributed by atoms with Crippen LogP contribution in [0.5, 0.6) is 0 Å². The molecule has 15 heavy (non-hydrogen) atoms. The van der Waals surface area contributed by atoms with Gasteiger partial charge >= 0.3 is 0 Å². The molecule has 1 aliphatic carbocycles. The molecule has 0 radical (unpaired) electrons. The minimum absolute atomic E-state index is 0.208. The molecule has 0 aromatic rings. The third kappa shape index (κ3) is 3.95. The molecule has 4 N–H and O–H groups in total. The molecule has 0 aromatic heterocycles. The van der Waals surface area contributed by atoms with Crippen LogP contribution in [0, 0.1) is 0 Å². The van der Waals surface area contributed by atoms with E-state index in [-0.39, 0.29) is 6.10 Å². The van der Waals surface area contributed by atoms with E-state index in [9.17, 15) is 0 Å². The average molecular weight is 226 g/mol. The van der Waals surface area contributed by atoms with Crippen LogP contribution in [0.2, 0.25) is 0 Å². The van der Waals surface area contributed by atoms with Crippen molar-refractivity contribution in [2.75, 3.05) is 7.11 Å². The molecule has 1 rings (SSSR count). The van der Waals surface area contributed by atoms with Crippen molar-refractivity contribution in [1.82, 2.24) is 10.8 Å². The molecule has 0 aliphatic heterocycles. The van der Waals surface area contributed by atoms with Gasteiger partial charge in [0.15, 0.2) is 0 Å². The van der Waals surface area contributed by atoms with E-state index in [0.29, 0.717) is 12.8 Å². The van der Waals surface area contributed by atoms with E-state index in [1.54, 1.807) is 0 Å². The molecule has 0 saturated heterocycles. The topological polar surface area (TPSA) is 115 Å². The van der Waals surface area contributed by atoms with Crippen LogP contribution in [-0.2, 0) is 14.4 Å². The SMILES string of the molecule is CO[C@@H]1C[C@H](ON(O)O)[C@H](ON(O)O)C1. The number of rotatable bonds is 5. The van der Waals surface area contributed by atoms with Crippen molar-refractivity contribution in [3.63, 3.8) is 0 Å². The zero-order valence-electron chi connectivity index (χ0n) is 8.05. The van der Waals surface area contributed by atoms with Crippen LogP contribution in [0.3, 0.4) is 0 Å². The van der Waals surface area contributed by atoms with E-state index in [1.807, 2.05) is 0 Å². The number of methoxy groups -OCH3 is 1. The Bertz CT molecular complexity index is 172. The van der Waals surface area contributed by atoms with Gasteiger partial charge in [0.05, 0.1) is 16.9 Å². The lowest BCUT2D eigenvalue weighted by molar-refractivity contribution is -0.535. The van der Waals surface area contributed by atoms with Crippen molar-refractivity contribution >= 4 is 0 Å². The summed E-state index contributed by atoms with van der Waals surface area (Å²) in [7, 11) is 1.48. The molecule has 0 spiro atoms. The normalized spacial score (nSPS) is 31.8. The molecule has 1 aliphatic rings. The first-order valence-corrected chi connectivity index (χ1v) is 4.25. The van der Waals surface area contributed by atoms with Gasteiger partial charge < -0.3 is 4.74 Å². The van der Waals surface area contributed by atoms with Crippen LogP contribution in [-0.4, -0.2) is 57.0 Å². The summed E-state index contributed by atoms with van der Waals surface area (Å²) in [5, 5.41) is 32.9. The third-order valence-corrected chi connectivity index (χ3v) is 2.20. The summed E-state index contributed by atoms with van der Waals surface area (Å²) in [6, 6.07) is 0. The van der Waals surface area contributed by atoms with Gasteiger partial charge in [-0.3, -0.25) is 20.8 Å². The Hall–Kier alpha value is -0.360. The molecule has 0 bridgehead atoms. The highest BCUT2D eigenvalue weighted by Crippen LogP contribution is 2.27. The molecule has 3 atom stereocenters. The van der Waals surface area contributed by atoms with Gasteiger partial charge in [-0.25, -0.2) is 9.68 Å². The van der Waals surface area contributed by atoms with Gasteiger partial charge in [0.25, 0.3) is 0 Å². The van der Waals surface area contributed by atoms with E-state index >= 15 is 0 Å². The second kappa shape index (κ2) is 5.65. The molecule has 0 heterocycles. The molecular formula is C6H14N2O7. The maximum Gasteiger partial charge on any atom is 0.115 e. The van der Waals surface area contributed by atoms with Gasteiger partial charge in [-0.05, 0) is 0 Å². The van der Waals surface area contributed by atoms with Crippen molar-refractivity contribution in [1.29, 1.82) is 0 Å². The molecule has 0 unspecified atom stereocenters. The summed E-state index contributed by atoms with van der Waals surface area (Å²) in [6.07, 6.45) is -1.02. The van der Waals surface area contributed by atoms with Crippen molar-refractivity contribution in [2.45, 2.75) is 31.2 Å². The molecule has 9 nitrogen and oxygen atoms in total. The van der Waals surface area contributed by atoms with Gasteiger partial charge in [0.2, 0.25) is 0 Å². The third-order valence-electron chi connectivity index (χ3n) is 2.20. The van der Waals surface area contributed by atoms with Crippen molar-refractivity contribution in [3.05, 3.63) is 0 Å². The second-order valence-electron chi connectivity index (χ2n) is 3.12. The maximum absolute atomic E-state index is 8.46. The van der Waals surface area contributed by atoms with Crippen LogP contribution < -0.4 is 0 Å². The zero-order chi connectivity index (χ0) is 11.4. The first-order chi connectivity index (χ1) is 7.02. The summed E-state index contributed by atoms with van der Waals surface area (Å²) >= 11 is 0. The predicted molar refractivity (Wildman–Crippen MR) is 40.6 cm³/mol. The predicted octanol–water partition coefficient (Wildman–Crippen LogP) is -0.444. The van der Waals surface area contributed by atoms with Crippen LogP contribution in [0.15, 0.2) is 0 Å². The van der Waals surface area contributed by atoms with Gasteiger partial charge in [0.1, 0.15) is 12.2 Å². The Labute approximate surface area is 85.3 Å². The van der Waals surface area contributed by atoms with E-state index in [1.165, 1.54) is 7.11 Å². The molecule has 1 fully saturated rings. The second-order valence-corrected chi connectivity index (χ2v) is 3.12. The molecule has 90 valence electrons. The van der Waals surface area contributed by atoms with E-state index in [2.05, 4.69) is 9.68 Å². The molecular weight excluding hydrogens is 212 g/mol. The fraction of sp³-hybridized carbons (Fsp3) is 1.00. The number of ether oxygens (including phenoxy) is 1. The molecule has 0 aromatic carbocycles. The standard InChI is InChI=1S/C6H14N2O7/c1-13-4-2-5(14-7(9)10)6(3-4)15-8(11)12/h4-6,9-12H,2-3H2,1H3/t4-,5+,6-. The fourth-order valence-corrected chi connectivity index (χ4v) is 1.57. The van der Waals surface area contributed by atoms with Crippen LogP contribution in [0.1, 0.15) is 12.8 Å². The smallest absolute Gasteiger partial charge is 0.115 e. The minimum Gasteiger partial charge on any atom is -0.381 e. The molecule has 0 amide bonds. The number of hydrogen-bond acceptors (Lipinski definition) is 9. The van der Waals surface area contributed by atoms with Crippen molar-refractivity contribution < 1.29 is 35.2 Å². The quantitative estimate of drug-likeness (QED) is 0.463. The largest absolute Gasteiger partial charge is 0.381 e. The maximum atomic E-state index is 8.46. The van der Waals surface area contributed by atoms with Crippen LogP contribution in [0.4, 0.5) is 0 Å². The van der Waals surface area contributed by atoms with Crippen molar-refractivity contribution in [3.8, 4) is 0 Å². The monoisotopic (exact) mass is 226 g/mol. The number of hydrogen-bond donors (Lipinski definition) is 4. The summed E-state index contributed by atoms with van der Waals surface area (Å²) in [6.45, 7) is 0. The highest BCUT2D eigenvalue weighted by atomic mass is 17.1. The highest BCUT2D eigenvalue weighted by Gasteiger charge is 2.39. The summed E-state index contributed by atoms with van der Waals surface area (Å²) in [5.74, 6) is 0. The first-order valence-electron chi connectivity index (χ1n) is 4.25. The van der Waals surface area contributed by atoms with E-state index in [0.717, 1.165) is 0 Å². The molecule has 1 saturated carbocycles. The van der Waals surface area contributed by atoms with E-state index < -0.39 is 23.0 Å². The Morgan fingerprint density at radius 2 is 1.33 bits per heavy atom. The van der Waals surface area contributed by atoms with Crippen molar-refractivity contribution in [2.24, 2.45) is 0 Å². The Balaban J connectivity index is 2.49. The minimum atomic E-state index is -0.744. The Morgan fingerprint density at radius 3 is 1.60 bits per heavy atom. The highest BCUT2D eigenvalue weighted by molar-refractivity contribution is 4.85. The zero-order valence-corrected chi connectivity index (χ0v) is 8.05. The lowest BCUT2D eigenvalue weighted by atomic mass is 10.3. The van der Waals surface area contributed by atoms with Gasteiger partial charge in [0, 0.05) is 20.0 Å². The lowest BCUT2D eigenvalue weighted by Crippen LogP contribution is -2.35. The first kappa shape index (κ1) is 12.7. The molecule has 9 heteroatoms. The van der Waals surface area contributed by atoms with Gasteiger partial charge in [-0.2, -0.15) is 0 Å². The summed E-state index contributed by atoms with van der Waals surface area (Å²) < 4.78 is 5.01. The van der Waals surface area contributed by atoms with Gasteiger partial charge in [-0.15, -0.1) is 0 Å². The fourth-order valence-electron chi connectivity index (χ4n) is 1.57. The summed E-state index contributed by atoms with van der Waals surface area (Å²) in [4.78, 5) is 9.09. The lowest BCUT2D eigenvalue weighted by Gasteiger charge is -2.20. The van der Waals surface area contributed by atoms with Gasteiger partial charge in [-0.1, -0.05) is 0 Å². The number of nitrogens with zero attached hydrogens (tertiary/aromatic N) is 2. The average Bonchev–Trinajstić information content (AvgIpc) is 2.46. The van der Waals surface area contributed by atoms with Crippen LogP contribution in [0.25, 0.3) is 0 Å². The van der Waals surface area contributed by atoms with E-state index in [4.69, 9.17) is 25.6 Å². The van der Waals surface area contributed by atoms with Crippen LogP contribution >= 0.6 is 0 Å².